The van der Waals surface area contributed by atoms with Gasteiger partial charge in [0.2, 0.25) is 6.79 Å². The number of carbonyl (C=O) groups excluding carboxylic acids is 1. The number of ketones is 1. The molecule has 0 spiro atoms. The van der Waals surface area contributed by atoms with Crippen molar-refractivity contribution in [1.29, 1.82) is 0 Å². The van der Waals surface area contributed by atoms with Crippen molar-refractivity contribution in [3.8, 4) is 11.5 Å². The second kappa shape index (κ2) is 5.08. The lowest BCUT2D eigenvalue weighted by molar-refractivity contribution is -0.118. The summed E-state index contributed by atoms with van der Waals surface area (Å²) in [6.45, 7) is 2.00. The van der Waals surface area contributed by atoms with Gasteiger partial charge in [-0.2, -0.15) is 0 Å². The first-order valence-electron chi connectivity index (χ1n) is 5.79. The van der Waals surface area contributed by atoms with Crippen molar-refractivity contribution in [3.05, 3.63) is 23.3 Å². The number of rotatable bonds is 5. The maximum atomic E-state index is 11.6. The number of hydrogen-bond acceptors (Lipinski definition) is 4. The summed E-state index contributed by atoms with van der Waals surface area (Å²) in [5.41, 5.74) is 0.578. The van der Waals surface area contributed by atoms with Gasteiger partial charge >= 0.3 is 5.97 Å². The summed E-state index contributed by atoms with van der Waals surface area (Å²) < 4.78 is 10.3. The van der Waals surface area contributed by atoms with Gasteiger partial charge in [0.05, 0.1) is 5.56 Å². The molecule has 1 N–H and O–H groups in total. The van der Waals surface area contributed by atoms with Gasteiger partial charge in [0.25, 0.3) is 0 Å². The third kappa shape index (κ3) is 2.45. The molecule has 0 aliphatic carbocycles. The third-order valence-electron chi connectivity index (χ3n) is 2.75. The van der Waals surface area contributed by atoms with Gasteiger partial charge in [-0.15, -0.1) is 0 Å². The van der Waals surface area contributed by atoms with Crippen molar-refractivity contribution >= 4 is 11.8 Å². The van der Waals surface area contributed by atoms with Gasteiger partial charge in [-0.25, -0.2) is 4.79 Å². The van der Waals surface area contributed by atoms with Gasteiger partial charge in [0.15, 0.2) is 11.5 Å². The van der Waals surface area contributed by atoms with E-state index in [1.54, 1.807) is 6.07 Å². The summed E-state index contributed by atoms with van der Waals surface area (Å²) in [5.74, 6) is -0.121. The summed E-state index contributed by atoms with van der Waals surface area (Å²) >= 11 is 0. The van der Waals surface area contributed by atoms with Crippen molar-refractivity contribution in [1.82, 2.24) is 0 Å². The molecule has 0 unspecified atom stereocenters. The molecule has 0 fully saturated rings. The van der Waals surface area contributed by atoms with E-state index in [0.29, 0.717) is 23.5 Å². The summed E-state index contributed by atoms with van der Waals surface area (Å²) in [4.78, 5) is 22.8. The highest BCUT2D eigenvalue weighted by atomic mass is 16.7. The number of ether oxygens (including phenoxy) is 2. The van der Waals surface area contributed by atoms with Gasteiger partial charge in [0, 0.05) is 12.8 Å². The Balaban J connectivity index is 2.32. The van der Waals surface area contributed by atoms with E-state index in [1.807, 2.05) is 6.92 Å². The fraction of sp³-hybridized carbons (Fsp3) is 0.385. The molecule has 5 heteroatoms. The van der Waals surface area contributed by atoms with Gasteiger partial charge in [-0.3, -0.25) is 4.79 Å². The van der Waals surface area contributed by atoms with Crippen molar-refractivity contribution in [2.45, 2.75) is 26.2 Å². The summed E-state index contributed by atoms with van der Waals surface area (Å²) in [6, 6.07) is 3.00. The van der Waals surface area contributed by atoms with Gasteiger partial charge in [-0.05, 0) is 24.1 Å². The smallest absolute Gasteiger partial charge is 0.336 e. The Bertz CT molecular complexity index is 492. The zero-order chi connectivity index (χ0) is 13.1. The van der Waals surface area contributed by atoms with Crippen molar-refractivity contribution < 1.29 is 24.2 Å². The Hall–Kier alpha value is -2.04. The van der Waals surface area contributed by atoms with Gasteiger partial charge < -0.3 is 14.6 Å². The molecule has 96 valence electrons. The van der Waals surface area contributed by atoms with Crippen LogP contribution in [0.25, 0.3) is 0 Å². The average Bonchev–Trinajstić information content (AvgIpc) is 2.74. The molecule has 5 nitrogen and oxygen atoms in total. The molecule has 0 amide bonds. The van der Waals surface area contributed by atoms with E-state index < -0.39 is 5.97 Å². The highest BCUT2D eigenvalue weighted by molar-refractivity contribution is 5.93. The lowest BCUT2D eigenvalue weighted by Gasteiger charge is -2.07. The third-order valence-corrected chi connectivity index (χ3v) is 2.75. The first-order valence-corrected chi connectivity index (χ1v) is 5.79. The first kappa shape index (κ1) is 12.4. The van der Waals surface area contributed by atoms with Crippen LogP contribution in [0.3, 0.4) is 0 Å². The minimum absolute atomic E-state index is 0.0267. The van der Waals surface area contributed by atoms with Crippen LogP contribution in [0.15, 0.2) is 12.1 Å². The molecule has 1 aliphatic rings. The van der Waals surface area contributed by atoms with Crippen LogP contribution in [0.4, 0.5) is 0 Å². The molecule has 0 atom stereocenters. The number of carboxylic acids is 1. The number of carbonyl (C=O) groups is 2. The molecule has 2 rings (SSSR count). The zero-order valence-electron chi connectivity index (χ0n) is 10.1. The van der Waals surface area contributed by atoms with E-state index in [2.05, 4.69) is 0 Å². The van der Waals surface area contributed by atoms with Crippen LogP contribution in [0.2, 0.25) is 0 Å². The van der Waals surface area contributed by atoms with Crippen LogP contribution in [0.5, 0.6) is 11.5 Å². The Morgan fingerprint density at radius 3 is 2.56 bits per heavy atom. The maximum absolute atomic E-state index is 11.6. The van der Waals surface area contributed by atoms with E-state index in [-0.39, 0.29) is 24.6 Å². The van der Waals surface area contributed by atoms with E-state index in [0.717, 1.165) is 6.42 Å². The lowest BCUT2D eigenvalue weighted by atomic mass is 9.99. The topological polar surface area (TPSA) is 72.8 Å². The molecule has 0 bridgehead atoms. The highest BCUT2D eigenvalue weighted by Gasteiger charge is 2.21. The van der Waals surface area contributed by atoms with Crippen LogP contribution >= 0.6 is 0 Å². The molecule has 0 saturated heterocycles. The molecular weight excluding hydrogens is 236 g/mol. The number of carboxylic acid groups (broad SMARTS) is 1. The van der Waals surface area contributed by atoms with Crippen LogP contribution in [-0.2, 0) is 11.2 Å². The monoisotopic (exact) mass is 250 g/mol. The SMILES string of the molecule is CCCC(=O)Cc1cc2c(cc1C(=O)O)OCO2. The van der Waals surface area contributed by atoms with E-state index in [4.69, 9.17) is 14.6 Å². The lowest BCUT2D eigenvalue weighted by Crippen LogP contribution is -2.08. The quantitative estimate of drug-likeness (QED) is 0.865. The summed E-state index contributed by atoms with van der Waals surface area (Å²) in [7, 11) is 0. The molecule has 1 aliphatic heterocycles. The fourth-order valence-corrected chi connectivity index (χ4v) is 1.91. The number of aromatic carboxylic acids is 1. The minimum atomic E-state index is -1.06. The van der Waals surface area contributed by atoms with Crippen LogP contribution < -0.4 is 9.47 Å². The summed E-state index contributed by atoms with van der Waals surface area (Å²) in [5, 5.41) is 9.13. The largest absolute Gasteiger partial charge is 0.478 e. The molecule has 18 heavy (non-hydrogen) atoms. The number of fused-ring (bicyclic) bond motifs is 1. The predicted octanol–water partition coefficient (Wildman–Crippen LogP) is 2.03. The average molecular weight is 250 g/mol. The summed E-state index contributed by atoms with van der Waals surface area (Å²) in [6.07, 6.45) is 1.32. The van der Waals surface area contributed by atoms with Crippen LogP contribution in [0, 0.1) is 0 Å². The van der Waals surface area contributed by atoms with Crippen LogP contribution in [-0.4, -0.2) is 23.7 Å². The van der Waals surface area contributed by atoms with Crippen molar-refractivity contribution in [3.63, 3.8) is 0 Å². The van der Waals surface area contributed by atoms with E-state index in [9.17, 15) is 9.59 Å². The number of Topliss-reactive ketones (excluding diaryl/α,β-unsaturated/α-hetero) is 1. The first-order chi connectivity index (χ1) is 8.61. The molecule has 0 radical (unpaired) electrons. The predicted molar refractivity (Wildman–Crippen MR) is 63.1 cm³/mol. The Morgan fingerprint density at radius 1 is 1.28 bits per heavy atom. The molecular formula is C13H14O5. The second-order valence-electron chi connectivity index (χ2n) is 4.13. The van der Waals surface area contributed by atoms with Gasteiger partial charge in [-0.1, -0.05) is 6.92 Å². The molecule has 1 aromatic rings. The normalized spacial score (nSPS) is 12.5. The Morgan fingerprint density at radius 2 is 1.94 bits per heavy atom. The molecule has 1 aromatic carbocycles. The van der Waals surface area contributed by atoms with E-state index >= 15 is 0 Å². The zero-order valence-corrected chi connectivity index (χ0v) is 10.1. The maximum Gasteiger partial charge on any atom is 0.336 e. The molecule has 0 saturated carbocycles. The highest BCUT2D eigenvalue weighted by Crippen LogP contribution is 2.35. The Labute approximate surface area is 104 Å². The van der Waals surface area contributed by atoms with Crippen molar-refractivity contribution in [2.24, 2.45) is 0 Å². The Kier molecular flexibility index (Phi) is 3.50. The van der Waals surface area contributed by atoms with Crippen molar-refractivity contribution in [2.75, 3.05) is 6.79 Å². The minimum Gasteiger partial charge on any atom is -0.478 e. The fourth-order valence-electron chi connectivity index (χ4n) is 1.91. The number of hydrogen-bond donors (Lipinski definition) is 1. The second-order valence-corrected chi connectivity index (χ2v) is 4.13. The molecule has 1 heterocycles. The van der Waals surface area contributed by atoms with E-state index in [1.165, 1.54) is 6.07 Å². The standard InChI is InChI=1S/C13H14O5/c1-2-3-9(14)4-8-5-11-12(18-7-17-11)6-10(8)13(15)16/h5-6H,2-4,7H2,1H3,(H,15,16). The van der Waals surface area contributed by atoms with Crippen LogP contribution in [0.1, 0.15) is 35.7 Å². The van der Waals surface area contributed by atoms with Gasteiger partial charge in [0.1, 0.15) is 5.78 Å². The molecule has 0 aromatic heterocycles. The number of benzene rings is 1.